The Kier molecular flexibility index (Phi) is 4.59. The Labute approximate surface area is 137 Å². The van der Waals surface area contributed by atoms with Crippen LogP contribution in [0.5, 0.6) is 0 Å². The first-order chi connectivity index (χ1) is 9.31. The van der Waals surface area contributed by atoms with Crippen LogP contribution in [0.25, 0.3) is 0 Å². The van der Waals surface area contributed by atoms with Crippen LogP contribution in [0, 0.1) is 5.82 Å². The quantitative estimate of drug-likeness (QED) is 0.421. The molecule has 0 amide bonds. The SMILES string of the molecule is Nc1cc(Cl)c(Cl)c(C(=O)c2cc(Cl)c(Br)cc2F)c1. The second-order valence-corrected chi connectivity index (χ2v) is 5.99. The van der Waals surface area contributed by atoms with Crippen molar-refractivity contribution in [2.24, 2.45) is 0 Å². The highest BCUT2D eigenvalue weighted by Gasteiger charge is 2.20. The zero-order valence-electron chi connectivity index (χ0n) is 9.68. The number of carbonyl (C=O) groups excluding carboxylic acids is 1. The second kappa shape index (κ2) is 5.90. The Morgan fingerprint density at radius 1 is 1.05 bits per heavy atom. The fraction of sp³-hybridized carbons (Fsp3) is 0. The van der Waals surface area contributed by atoms with E-state index in [9.17, 15) is 9.18 Å². The van der Waals surface area contributed by atoms with Crippen molar-refractivity contribution in [3.8, 4) is 0 Å². The minimum absolute atomic E-state index is 0.0179. The van der Waals surface area contributed by atoms with Crippen LogP contribution in [0.15, 0.2) is 28.7 Å². The number of anilines is 1. The van der Waals surface area contributed by atoms with Gasteiger partial charge in [0.25, 0.3) is 0 Å². The van der Waals surface area contributed by atoms with E-state index < -0.39 is 11.6 Å². The van der Waals surface area contributed by atoms with Crippen molar-refractivity contribution in [1.29, 1.82) is 0 Å². The molecule has 2 aromatic carbocycles. The van der Waals surface area contributed by atoms with Crippen LogP contribution in [0.1, 0.15) is 15.9 Å². The minimum Gasteiger partial charge on any atom is -0.399 e. The summed E-state index contributed by atoms with van der Waals surface area (Å²) in [6.07, 6.45) is 0. The molecule has 0 spiro atoms. The van der Waals surface area contributed by atoms with E-state index in [1.54, 1.807) is 0 Å². The molecule has 0 saturated heterocycles. The van der Waals surface area contributed by atoms with Crippen LogP contribution in [0.4, 0.5) is 10.1 Å². The van der Waals surface area contributed by atoms with E-state index in [0.717, 1.165) is 6.07 Å². The van der Waals surface area contributed by atoms with E-state index in [2.05, 4.69) is 15.9 Å². The zero-order chi connectivity index (χ0) is 15.0. The van der Waals surface area contributed by atoms with Crippen LogP contribution in [-0.2, 0) is 0 Å². The van der Waals surface area contributed by atoms with Crippen molar-refractivity contribution in [3.05, 3.63) is 60.8 Å². The summed E-state index contributed by atoms with van der Waals surface area (Å²) >= 11 is 20.8. The smallest absolute Gasteiger partial charge is 0.197 e. The molecule has 0 atom stereocenters. The molecule has 0 heterocycles. The molecule has 0 saturated carbocycles. The van der Waals surface area contributed by atoms with Gasteiger partial charge in [-0.25, -0.2) is 4.39 Å². The highest BCUT2D eigenvalue weighted by Crippen LogP contribution is 2.32. The van der Waals surface area contributed by atoms with Crippen LogP contribution in [0.2, 0.25) is 15.1 Å². The van der Waals surface area contributed by atoms with Crippen molar-refractivity contribution >= 4 is 62.2 Å². The summed E-state index contributed by atoms with van der Waals surface area (Å²) in [7, 11) is 0. The molecular formula is C13H6BrCl3FNO. The number of nitrogen functional groups attached to an aromatic ring is 1. The Balaban J connectivity index is 2.60. The molecular weight excluding hydrogens is 391 g/mol. The molecule has 0 aromatic heterocycles. The third-order valence-corrected chi connectivity index (χ3v) is 4.55. The van der Waals surface area contributed by atoms with Gasteiger partial charge in [-0.15, -0.1) is 0 Å². The molecule has 2 aromatic rings. The molecule has 0 aliphatic heterocycles. The van der Waals surface area contributed by atoms with Crippen molar-refractivity contribution in [3.63, 3.8) is 0 Å². The molecule has 0 aliphatic carbocycles. The number of halogens is 5. The van der Waals surface area contributed by atoms with Crippen LogP contribution < -0.4 is 5.73 Å². The summed E-state index contributed by atoms with van der Waals surface area (Å²) in [6.45, 7) is 0. The second-order valence-electron chi connectivity index (χ2n) is 3.94. The number of hydrogen-bond acceptors (Lipinski definition) is 2. The number of benzene rings is 2. The lowest BCUT2D eigenvalue weighted by Crippen LogP contribution is -2.06. The predicted octanol–water partition coefficient (Wildman–Crippen LogP) is 5.36. The molecule has 20 heavy (non-hydrogen) atoms. The number of nitrogens with two attached hydrogens (primary N) is 1. The number of rotatable bonds is 2. The zero-order valence-corrected chi connectivity index (χ0v) is 13.5. The van der Waals surface area contributed by atoms with Crippen molar-refractivity contribution < 1.29 is 9.18 Å². The molecule has 0 aliphatic rings. The fourth-order valence-corrected chi connectivity index (χ4v) is 2.52. The molecule has 0 bridgehead atoms. The molecule has 7 heteroatoms. The lowest BCUT2D eigenvalue weighted by atomic mass is 10.0. The standard InChI is InChI=1S/C13H6BrCl3FNO/c14-8-4-11(18)6(3-9(8)15)13(20)7-1-5(19)2-10(16)12(7)17/h1-4H,19H2. The van der Waals surface area contributed by atoms with Gasteiger partial charge in [-0.3, -0.25) is 4.79 Å². The predicted molar refractivity (Wildman–Crippen MR) is 83.4 cm³/mol. The third-order valence-electron chi connectivity index (χ3n) is 2.55. The molecule has 0 radical (unpaired) electrons. The lowest BCUT2D eigenvalue weighted by molar-refractivity contribution is 0.103. The highest BCUT2D eigenvalue weighted by atomic mass is 79.9. The number of carbonyl (C=O) groups is 1. The molecule has 0 fully saturated rings. The van der Waals surface area contributed by atoms with Gasteiger partial charge >= 0.3 is 0 Å². The molecule has 2 nitrogen and oxygen atoms in total. The Bertz CT molecular complexity index is 721. The van der Waals surface area contributed by atoms with E-state index in [0.29, 0.717) is 4.47 Å². The van der Waals surface area contributed by atoms with Crippen LogP contribution >= 0.6 is 50.7 Å². The van der Waals surface area contributed by atoms with E-state index in [1.807, 2.05) is 0 Å². The van der Waals surface area contributed by atoms with Gasteiger partial charge in [0.1, 0.15) is 5.82 Å². The van der Waals surface area contributed by atoms with Gasteiger partial charge in [-0.05, 0) is 40.2 Å². The number of hydrogen-bond donors (Lipinski definition) is 1. The molecule has 2 rings (SSSR count). The Hall–Kier alpha value is -0.810. The van der Waals surface area contributed by atoms with Gasteiger partial charge < -0.3 is 5.73 Å². The maximum atomic E-state index is 13.9. The lowest BCUT2D eigenvalue weighted by Gasteiger charge is -2.09. The monoisotopic (exact) mass is 395 g/mol. The Morgan fingerprint density at radius 3 is 2.35 bits per heavy atom. The summed E-state index contributed by atoms with van der Waals surface area (Å²) in [5.41, 5.74) is 5.69. The van der Waals surface area contributed by atoms with Gasteiger partial charge in [0.2, 0.25) is 0 Å². The molecule has 2 N–H and O–H groups in total. The minimum atomic E-state index is -0.721. The van der Waals surface area contributed by atoms with Gasteiger partial charge in [0, 0.05) is 15.7 Å². The normalized spacial score (nSPS) is 10.7. The number of ketones is 1. The Morgan fingerprint density at radius 2 is 1.70 bits per heavy atom. The largest absolute Gasteiger partial charge is 0.399 e. The third kappa shape index (κ3) is 2.93. The van der Waals surface area contributed by atoms with E-state index in [4.69, 9.17) is 40.5 Å². The molecule has 0 unspecified atom stereocenters. The van der Waals surface area contributed by atoms with Crippen LogP contribution in [0.3, 0.4) is 0 Å². The first-order valence-electron chi connectivity index (χ1n) is 5.25. The topological polar surface area (TPSA) is 43.1 Å². The average molecular weight is 397 g/mol. The summed E-state index contributed by atoms with van der Waals surface area (Å²) in [6, 6.07) is 5.08. The summed E-state index contributed by atoms with van der Waals surface area (Å²) < 4.78 is 14.2. The summed E-state index contributed by atoms with van der Waals surface area (Å²) in [5, 5.41) is 0.351. The average Bonchev–Trinajstić information content (AvgIpc) is 2.37. The fourth-order valence-electron chi connectivity index (χ4n) is 1.62. The summed E-state index contributed by atoms with van der Waals surface area (Å²) in [5.74, 6) is -1.36. The van der Waals surface area contributed by atoms with E-state index >= 15 is 0 Å². The van der Waals surface area contributed by atoms with Crippen molar-refractivity contribution in [2.75, 3.05) is 5.73 Å². The van der Waals surface area contributed by atoms with Gasteiger partial charge in [-0.1, -0.05) is 34.8 Å². The maximum absolute atomic E-state index is 13.9. The molecule has 104 valence electrons. The van der Waals surface area contributed by atoms with E-state index in [1.165, 1.54) is 18.2 Å². The first-order valence-corrected chi connectivity index (χ1v) is 7.17. The summed E-state index contributed by atoms with van der Waals surface area (Å²) in [4.78, 5) is 12.3. The van der Waals surface area contributed by atoms with Crippen molar-refractivity contribution in [2.45, 2.75) is 0 Å². The highest BCUT2D eigenvalue weighted by molar-refractivity contribution is 9.10. The van der Waals surface area contributed by atoms with Gasteiger partial charge in [-0.2, -0.15) is 0 Å². The van der Waals surface area contributed by atoms with Crippen molar-refractivity contribution in [1.82, 2.24) is 0 Å². The first kappa shape index (κ1) is 15.6. The van der Waals surface area contributed by atoms with Gasteiger partial charge in [0.05, 0.1) is 20.6 Å². The van der Waals surface area contributed by atoms with Crippen LogP contribution in [-0.4, -0.2) is 5.78 Å². The van der Waals surface area contributed by atoms with Gasteiger partial charge in [0.15, 0.2) is 5.78 Å². The van der Waals surface area contributed by atoms with E-state index in [-0.39, 0.29) is 31.9 Å². The maximum Gasteiger partial charge on any atom is 0.197 e.